The first-order chi connectivity index (χ1) is 7.63. The van der Waals surface area contributed by atoms with E-state index in [1.807, 2.05) is 19.2 Å². The Morgan fingerprint density at radius 2 is 2.31 bits per heavy atom. The lowest BCUT2D eigenvalue weighted by Crippen LogP contribution is -2.08. The molecule has 0 aliphatic heterocycles. The average Bonchev–Trinajstić information content (AvgIpc) is 2.54. The summed E-state index contributed by atoms with van der Waals surface area (Å²) in [7, 11) is 0. The number of aromatic nitrogens is 2. The molecule has 0 saturated carbocycles. The molecule has 16 heavy (non-hydrogen) atoms. The third kappa shape index (κ3) is 4.09. The fourth-order valence-electron chi connectivity index (χ4n) is 1.68. The summed E-state index contributed by atoms with van der Waals surface area (Å²) < 4.78 is 2.09. The molecule has 90 valence electrons. The van der Waals surface area contributed by atoms with Crippen LogP contribution >= 0.6 is 0 Å². The Hall–Kier alpha value is -1.25. The van der Waals surface area contributed by atoms with Gasteiger partial charge in [-0.1, -0.05) is 19.9 Å². The smallest absolute Gasteiger partial charge is 0.203 e. The molecular formula is C13H23N3. The van der Waals surface area contributed by atoms with Crippen LogP contribution in [-0.4, -0.2) is 16.1 Å². The fraction of sp³-hybridized carbons (Fsp3) is 0.615. The molecule has 0 amide bonds. The predicted octanol–water partition coefficient (Wildman–Crippen LogP) is 3.23. The third-order valence-corrected chi connectivity index (χ3v) is 2.46. The Bertz CT molecular complexity index is 326. The summed E-state index contributed by atoms with van der Waals surface area (Å²) in [5, 5.41) is 3.38. The number of imidazole rings is 1. The summed E-state index contributed by atoms with van der Waals surface area (Å²) >= 11 is 0. The van der Waals surface area contributed by atoms with E-state index in [4.69, 9.17) is 0 Å². The van der Waals surface area contributed by atoms with Crippen LogP contribution in [-0.2, 0) is 6.54 Å². The summed E-state index contributed by atoms with van der Waals surface area (Å²) in [5.74, 6) is 1.73. The maximum Gasteiger partial charge on any atom is 0.203 e. The molecule has 0 unspecified atom stereocenters. The van der Waals surface area contributed by atoms with Crippen molar-refractivity contribution in [1.82, 2.24) is 9.55 Å². The van der Waals surface area contributed by atoms with Crippen LogP contribution < -0.4 is 5.32 Å². The summed E-state index contributed by atoms with van der Waals surface area (Å²) in [5.41, 5.74) is 1.05. The minimum absolute atomic E-state index is 0.774. The molecular weight excluding hydrogens is 198 g/mol. The van der Waals surface area contributed by atoms with E-state index in [-0.39, 0.29) is 0 Å². The topological polar surface area (TPSA) is 29.9 Å². The summed E-state index contributed by atoms with van der Waals surface area (Å²) in [6.45, 7) is 12.1. The standard InChI is InChI=1S/C13H23N3/c1-5-9-16-10-12(4)15-13(16)14-8-6-7-11(2)3/h5,10-11H,1,6-9H2,2-4H3,(H,14,15). The number of hydrogen-bond acceptors (Lipinski definition) is 2. The van der Waals surface area contributed by atoms with Crippen molar-refractivity contribution in [3.8, 4) is 0 Å². The van der Waals surface area contributed by atoms with Crippen molar-refractivity contribution in [1.29, 1.82) is 0 Å². The zero-order valence-electron chi connectivity index (χ0n) is 10.7. The number of anilines is 1. The average molecular weight is 221 g/mol. The van der Waals surface area contributed by atoms with Gasteiger partial charge in [0, 0.05) is 19.3 Å². The number of aryl methyl sites for hydroxylation is 1. The summed E-state index contributed by atoms with van der Waals surface area (Å²) in [6.07, 6.45) is 6.39. The second-order valence-corrected chi connectivity index (χ2v) is 4.61. The molecule has 0 aliphatic rings. The molecule has 3 nitrogen and oxygen atoms in total. The van der Waals surface area contributed by atoms with Crippen molar-refractivity contribution >= 4 is 5.95 Å². The van der Waals surface area contributed by atoms with Gasteiger partial charge in [-0.25, -0.2) is 4.98 Å². The molecule has 0 atom stereocenters. The van der Waals surface area contributed by atoms with Crippen molar-refractivity contribution in [3.63, 3.8) is 0 Å². The summed E-state index contributed by atoms with van der Waals surface area (Å²) in [4.78, 5) is 4.45. The monoisotopic (exact) mass is 221 g/mol. The van der Waals surface area contributed by atoms with Gasteiger partial charge in [0.1, 0.15) is 0 Å². The van der Waals surface area contributed by atoms with Crippen LogP contribution in [0.25, 0.3) is 0 Å². The first-order valence-electron chi connectivity index (χ1n) is 6.02. The van der Waals surface area contributed by atoms with Gasteiger partial charge in [0.2, 0.25) is 5.95 Å². The SMILES string of the molecule is C=CCn1cc(C)nc1NCCCC(C)C. The van der Waals surface area contributed by atoms with Crippen LogP contribution in [0.4, 0.5) is 5.95 Å². The molecule has 1 heterocycles. The Morgan fingerprint density at radius 1 is 1.56 bits per heavy atom. The molecule has 0 fully saturated rings. The summed E-state index contributed by atoms with van der Waals surface area (Å²) in [6, 6.07) is 0. The Kier molecular flexibility index (Phi) is 5.09. The maximum absolute atomic E-state index is 4.45. The van der Waals surface area contributed by atoms with Crippen LogP contribution in [0, 0.1) is 12.8 Å². The van der Waals surface area contributed by atoms with Crippen molar-refractivity contribution in [3.05, 3.63) is 24.5 Å². The molecule has 3 heteroatoms. The first-order valence-corrected chi connectivity index (χ1v) is 6.02. The number of rotatable bonds is 7. The van der Waals surface area contributed by atoms with Crippen LogP contribution in [0.3, 0.4) is 0 Å². The lowest BCUT2D eigenvalue weighted by Gasteiger charge is -2.08. The van der Waals surface area contributed by atoms with E-state index in [2.05, 4.69) is 35.3 Å². The quantitative estimate of drug-likeness (QED) is 0.566. The van der Waals surface area contributed by atoms with Crippen LogP contribution in [0.2, 0.25) is 0 Å². The predicted molar refractivity (Wildman–Crippen MR) is 69.7 cm³/mol. The normalized spacial score (nSPS) is 10.8. The lowest BCUT2D eigenvalue weighted by atomic mass is 10.1. The van der Waals surface area contributed by atoms with Gasteiger partial charge in [0.25, 0.3) is 0 Å². The zero-order valence-corrected chi connectivity index (χ0v) is 10.7. The highest BCUT2D eigenvalue weighted by atomic mass is 15.2. The first kappa shape index (κ1) is 12.8. The highest BCUT2D eigenvalue weighted by molar-refractivity contribution is 5.28. The van der Waals surface area contributed by atoms with Gasteiger partial charge in [-0.2, -0.15) is 0 Å². The van der Waals surface area contributed by atoms with Crippen molar-refractivity contribution in [2.75, 3.05) is 11.9 Å². The third-order valence-electron chi connectivity index (χ3n) is 2.46. The highest BCUT2D eigenvalue weighted by Crippen LogP contribution is 2.09. The molecule has 1 rings (SSSR count). The molecule has 0 saturated heterocycles. The van der Waals surface area contributed by atoms with Gasteiger partial charge in [-0.15, -0.1) is 6.58 Å². The van der Waals surface area contributed by atoms with E-state index >= 15 is 0 Å². The number of nitrogens with zero attached hydrogens (tertiary/aromatic N) is 2. The van der Waals surface area contributed by atoms with E-state index in [9.17, 15) is 0 Å². The molecule has 0 aromatic carbocycles. The molecule has 0 spiro atoms. The van der Waals surface area contributed by atoms with Gasteiger partial charge < -0.3 is 9.88 Å². The lowest BCUT2D eigenvalue weighted by molar-refractivity contribution is 0.565. The second kappa shape index (κ2) is 6.36. The zero-order chi connectivity index (χ0) is 12.0. The van der Waals surface area contributed by atoms with Crippen LogP contribution in [0.15, 0.2) is 18.9 Å². The minimum atomic E-state index is 0.774. The van der Waals surface area contributed by atoms with Crippen molar-refractivity contribution in [2.24, 2.45) is 5.92 Å². The van der Waals surface area contributed by atoms with Crippen LogP contribution in [0.5, 0.6) is 0 Å². The molecule has 0 radical (unpaired) electrons. The van der Waals surface area contributed by atoms with E-state index in [0.29, 0.717) is 0 Å². The number of nitrogens with one attached hydrogen (secondary N) is 1. The van der Waals surface area contributed by atoms with Crippen molar-refractivity contribution < 1.29 is 0 Å². The molecule has 1 aromatic rings. The maximum atomic E-state index is 4.45. The number of allylic oxidation sites excluding steroid dienone is 1. The fourth-order valence-corrected chi connectivity index (χ4v) is 1.68. The van der Waals surface area contributed by atoms with Gasteiger partial charge in [-0.3, -0.25) is 0 Å². The van der Waals surface area contributed by atoms with Gasteiger partial charge in [-0.05, 0) is 25.7 Å². The largest absolute Gasteiger partial charge is 0.356 e. The van der Waals surface area contributed by atoms with Gasteiger partial charge >= 0.3 is 0 Å². The highest BCUT2D eigenvalue weighted by Gasteiger charge is 2.03. The van der Waals surface area contributed by atoms with E-state index in [1.165, 1.54) is 12.8 Å². The minimum Gasteiger partial charge on any atom is -0.356 e. The Morgan fingerprint density at radius 3 is 2.94 bits per heavy atom. The molecule has 1 N–H and O–H groups in total. The molecule has 0 bridgehead atoms. The number of hydrogen-bond donors (Lipinski definition) is 1. The van der Waals surface area contributed by atoms with E-state index < -0.39 is 0 Å². The van der Waals surface area contributed by atoms with Gasteiger partial charge in [0.05, 0.1) is 5.69 Å². The second-order valence-electron chi connectivity index (χ2n) is 4.61. The molecule has 1 aromatic heterocycles. The van der Waals surface area contributed by atoms with Crippen LogP contribution in [0.1, 0.15) is 32.4 Å². The van der Waals surface area contributed by atoms with Gasteiger partial charge in [0.15, 0.2) is 0 Å². The molecule has 0 aliphatic carbocycles. The Labute approximate surface area is 98.6 Å². The van der Waals surface area contributed by atoms with Crippen molar-refractivity contribution in [2.45, 2.75) is 40.2 Å². The Balaban J connectivity index is 2.43. The van der Waals surface area contributed by atoms with E-state index in [1.54, 1.807) is 0 Å². The van der Waals surface area contributed by atoms with E-state index in [0.717, 1.165) is 30.6 Å².